The molecule has 2 aromatic rings. The molecule has 0 radical (unpaired) electrons. The molecule has 0 aromatic heterocycles. The van der Waals surface area contributed by atoms with E-state index in [1.165, 1.54) is 4.90 Å². The highest BCUT2D eigenvalue weighted by Crippen LogP contribution is 2.17. The molecule has 1 unspecified atom stereocenters. The summed E-state index contributed by atoms with van der Waals surface area (Å²) in [5.74, 6) is 0.873. The van der Waals surface area contributed by atoms with Crippen LogP contribution in [0, 0.1) is 0 Å². The predicted octanol–water partition coefficient (Wildman–Crippen LogP) is 3.02. The van der Waals surface area contributed by atoms with Gasteiger partial charge in [-0.2, -0.15) is 0 Å². The maximum Gasteiger partial charge on any atom is 0.261 e. The molecule has 6 nitrogen and oxygen atoms in total. The van der Waals surface area contributed by atoms with Crippen LogP contribution in [-0.2, 0) is 16.1 Å². The summed E-state index contributed by atoms with van der Waals surface area (Å²) in [6.07, 6.45) is 0.833. The van der Waals surface area contributed by atoms with Gasteiger partial charge in [-0.1, -0.05) is 37.3 Å². The first-order valence-electron chi connectivity index (χ1n) is 9.43. The molecule has 2 rings (SSSR count). The van der Waals surface area contributed by atoms with Crippen molar-refractivity contribution in [3.05, 3.63) is 60.2 Å². The standard InChI is InChI=1S/C22H28N2O4/c1-4-13-23-22(26)17(2)24(15-18-9-8-12-20(14-18)27-3)21(25)16-28-19-10-6-5-7-11-19/h5-12,14,17H,4,13,15-16H2,1-3H3,(H,23,26). The van der Waals surface area contributed by atoms with Gasteiger partial charge in [-0.3, -0.25) is 9.59 Å². The maximum atomic E-state index is 12.9. The van der Waals surface area contributed by atoms with E-state index in [4.69, 9.17) is 9.47 Å². The van der Waals surface area contributed by atoms with Gasteiger partial charge < -0.3 is 19.7 Å². The number of rotatable bonds is 10. The predicted molar refractivity (Wildman–Crippen MR) is 108 cm³/mol. The topological polar surface area (TPSA) is 67.9 Å². The summed E-state index contributed by atoms with van der Waals surface area (Å²) in [5.41, 5.74) is 0.877. The lowest BCUT2D eigenvalue weighted by atomic mass is 10.1. The molecule has 0 saturated heterocycles. The summed E-state index contributed by atoms with van der Waals surface area (Å²) in [6.45, 7) is 4.43. The molecule has 2 amide bonds. The van der Waals surface area contributed by atoms with Gasteiger partial charge in [-0.05, 0) is 43.2 Å². The van der Waals surface area contributed by atoms with E-state index in [0.717, 1.165) is 12.0 Å². The SMILES string of the molecule is CCCNC(=O)C(C)N(Cc1cccc(OC)c1)C(=O)COc1ccccc1. The third-order valence-corrected chi connectivity index (χ3v) is 4.31. The van der Waals surface area contributed by atoms with Crippen LogP contribution in [0.1, 0.15) is 25.8 Å². The summed E-state index contributed by atoms with van der Waals surface area (Å²) >= 11 is 0. The average Bonchev–Trinajstić information content (AvgIpc) is 2.74. The zero-order valence-corrected chi connectivity index (χ0v) is 16.7. The third kappa shape index (κ3) is 6.30. The number of methoxy groups -OCH3 is 1. The molecule has 0 aliphatic rings. The van der Waals surface area contributed by atoms with Gasteiger partial charge >= 0.3 is 0 Å². The van der Waals surface area contributed by atoms with Gasteiger partial charge in [0.15, 0.2) is 6.61 Å². The average molecular weight is 384 g/mol. The normalized spacial score (nSPS) is 11.4. The van der Waals surface area contributed by atoms with Crippen molar-refractivity contribution in [1.82, 2.24) is 10.2 Å². The molecule has 0 heterocycles. The van der Waals surface area contributed by atoms with Crippen molar-refractivity contribution in [3.8, 4) is 11.5 Å². The third-order valence-electron chi connectivity index (χ3n) is 4.31. The zero-order valence-electron chi connectivity index (χ0n) is 16.7. The van der Waals surface area contributed by atoms with E-state index in [1.54, 1.807) is 26.2 Å². The summed E-state index contributed by atoms with van der Waals surface area (Å²) < 4.78 is 10.9. The Morgan fingerprint density at radius 2 is 1.79 bits per heavy atom. The van der Waals surface area contributed by atoms with Gasteiger partial charge in [0.25, 0.3) is 5.91 Å². The van der Waals surface area contributed by atoms with E-state index in [1.807, 2.05) is 49.4 Å². The van der Waals surface area contributed by atoms with Crippen LogP contribution in [0.3, 0.4) is 0 Å². The van der Waals surface area contributed by atoms with Crippen molar-refractivity contribution < 1.29 is 19.1 Å². The Kier molecular flexibility index (Phi) is 8.34. The highest BCUT2D eigenvalue weighted by Gasteiger charge is 2.26. The highest BCUT2D eigenvalue weighted by molar-refractivity contribution is 5.87. The summed E-state index contributed by atoms with van der Waals surface area (Å²) in [4.78, 5) is 26.9. The number of carbonyl (C=O) groups excluding carboxylic acids is 2. The molecule has 0 spiro atoms. The molecular formula is C22H28N2O4. The first kappa shape index (κ1) is 21.3. The van der Waals surface area contributed by atoms with E-state index < -0.39 is 6.04 Å². The molecule has 28 heavy (non-hydrogen) atoms. The Morgan fingerprint density at radius 3 is 2.46 bits per heavy atom. The van der Waals surface area contributed by atoms with Crippen molar-refractivity contribution in [3.63, 3.8) is 0 Å². The Hall–Kier alpha value is -3.02. The number of nitrogens with zero attached hydrogens (tertiary/aromatic N) is 1. The number of amides is 2. The van der Waals surface area contributed by atoms with Crippen LogP contribution >= 0.6 is 0 Å². The smallest absolute Gasteiger partial charge is 0.261 e. The molecule has 6 heteroatoms. The second-order valence-electron chi connectivity index (χ2n) is 6.44. The van der Waals surface area contributed by atoms with Crippen LogP contribution < -0.4 is 14.8 Å². The fourth-order valence-corrected chi connectivity index (χ4v) is 2.69. The Morgan fingerprint density at radius 1 is 1.07 bits per heavy atom. The molecule has 0 bridgehead atoms. The van der Waals surface area contributed by atoms with Crippen LogP contribution in [0.2, 0.25) is 0 Å². The number of carbonyl (C=O) groups is 2. The first-order valence-corrected chi connectivity index (χ1v) is 9.43. The Labute approximate surface area is 166 Å². The molecule has 2 aromatic carbocycles. The molecule has 0 aliphatic carbocycles. The Bertz CT molecular complexity index is 764. The van der Waals surface area contributed by atoms with Gasteiger partial charge in [-0.25, -0.2) is 0 Å². The zero-order chi connectivity index (χ0) is 20.4. The van der Waals surface area contributed by atoms with Gasteiger partial charge in [0.05, 0.1) is 7.11 Å². The number of nitrogens with one attached hydrogen (secondary N) is 1. The molecule has 0 fully saturated rings. The Balaban J connectivity index is 2.13. The summed E-state index contributed by atoms with van der Waals surface area (Å²) in [6, 6.07) is 16.0. The molecular weight excluding hydrogens is 356 g/mol. The minimum atomic E-state index is -0.621. The largest absolute Gasteiger partial charge is 0.497 e. The van der Waals surface area contributed by atoms with E-state index in [9.17, 15) is 9.59 Å². The van der Waals surface area contributed by atoms with E-state index in [-0.39, 0.29) is 25.0 Å². The van der Waals surface area contributed by atoms with Crippen LogP contribution in [-0.4, -0.2) is 43.0 Å². The quantitative estimate of drug-likeness (QED) is 0.684. The number of hydrogen-bond acceptors (Lipinski definition) is 4. The summed E-state index contributed by atoms with van der Waals surface area (Å²) in [5, 5.41) is 2.85. The number of hydrogen-bond donors (Lipinski definition) is 1. The van der Waals surface area contributed by atoms with Gasteiger partial charge in [0.2, 0.25) is 5.91 Å². The van der Waals surface area contributed by atoms with Crippen molar-refractivity contribution in [2.24, 2.45) is 0 Å². The summed E-state index contributed by atoms with van der Waals surface area (Å²) in [7, 11) is 1.59. The van der Waals surface area contributed by atoms with Crippen LogP contribution in [0.4, 0.5) is 0 Å². The molecule has 0 aliphatic heterocycles. The fraction of sp³-hybridized carbons (Fsp3) is 0.364. The fourth-order valence-electron chi connectivity index (χ4n) is 2.69. The van der Waals surface area contributed by atoms with Gasteiger partial charge in [0, 0.05) is 13.1 Å². The van der Waals surface area contributed by atoms with Crippen LogP contribution in [0.25, 0.3) is 0 Å². The van der Waals surface area contributed by atoms with Crippen molar-refractivity contribution in [2.75, 3.05) is 20.3 Å². The lowest BCUT2D eigenvalue weighted by Crippen LogP contribution is -2.49. The highest BCUT2D eigenvalue weighted by atomic mass is 16.5. The van der Waals surface area contributed by atoms with Gasteiger partial charge in [-0.15, -0.1) is 0 Å². The lowest BCUT2D eigenvalue weighted by molar-refractivity contribution is -0.142. The van der Waals surface area contributed by atoms with Crippen LogP contribution in [0.5, 0.6) is 11.5 Å². The minimum Gasteiger partial charge on any atom is -0.497 e. The second-order valence-corrected chi connectivity index (χ2v) is 6.44. The van der Waals surface area contributed by atoms with E-state index in [0.29, 0.717) is 18.0 Å². The second kappa shape index (κ2) is 11.0. The molecule has 1 N–H and O–H groups in total. The van der Waals surface area contributed by atoms with E-state index >= 15 is 0 Å². The number of ether oxygens (including phenoxy) is 2. The van der Waals surface area contributed by atoms with E-state index in [2.05, 4.69) is 5.32 Å². The van der Waals surface area contributed by atoms with Crippen molar-refractivity contribution in [1.29, 1.82) is 0 Å². The van der Waals surface area contributed by atoms with Gasteiger partial charge in [0.1, 0.15) is 17.5 Å². The van der Waals surface area contributed by atoms with Crippen molar-refractivity contribution >= 4 is 11.8 Å². The molecule has 1 atom stereocenters. The van der Waals surface area contributed by atoms with Crippen LogP contribution in [0.15, 0.2) is 54.6 Å². The minimum absolute atomic E-state index is 0.140. The maximum absolute atomic E-state index is 12.9. The molecule has 150 valence electrons. The van der Waals surface area contributed by atoms with Crippen molar-refractivity contribution in [2.45, 2.75) is 32.9 Å². The number of benzene rings is 2. The molecule has 0 saturated carbocycles. The lowest BCUT2D eigenvalue weighted by Gasteiger charge is -2.28. The monoisotopic (exact) mass is 384 g/mol. The first-order chi connectivity index (χ1) is 13.5. The number of para-hydroxylation sites is 1.